The molecule has 0 saturated heterocycles. The van der Waals surface area contributed by atoms with E-state index in [1.807, 2.05) is 0 Å². The Labute approximate surface area is 367 Å². The largest absolute Gasteiger partial charge is 0.147 e. The summed E-state index contributed by atoms with van der Waals surface area (Å²) in [7, 11) is 0. The molecule has 4 aliphatic carbocycles. The molecule has 4 aromatic rings. The standard InChI is InChI=1S/2C26H31.2CH3.2ClH.H2Si.Zr/c2*1-3-7-20-10-12-23(13-11-20)25-15-19(2)14-24-17-22(18-26(24)25)16-21-8-5-4-6-9-21;;;;;;/h2*10-15,17-18,21H,3-9,16H2,1-2H3;2*1H3;2*1H;1H2;. The van der Waals surface area contributed by atoms with Gasteiger partial charge in [-0.2, -0.15) is 0 Å². The Balaban J connectivity index is 0.00000283. The third-order valence-corrected chi connectivity index (χ3v) is 32.2. The first kappa shape index (κ1) is 45.6. The van der Waals surface area contributed by atoms with Crippen molar-refractivity contribution < 1.29 is 17.4 Å². The fourth-order valence-corrected chi connectivity index (χ4v) is 32.0. The van der Waals surface area contributed by atoms with E-state index in [0.29, 0.717) is 7.25 Å². The minimum atomic E-state index is -3.89. The molecule has 4 aromatic carbocycles. The smallest absolute Gasteiger partial charge is 0.147 e. The Morgan fingerprint density at radius 3 is 1.24 bits per heavy atom. The number of aryl methyl sites for hydroxylation is 4. The molecular formula is C54H72Cl2SiZr. The van der Waals surface area contributed by atoms with Gasteiger partial charge in [0, 0.05) is 0 Å². The third kappa shape index (κ3) is 9.27. The van der Waals surface area contributed by atoms with E-state index in [0.717, 1.165) is 24.7 Å². The number of rotatable bonds is 12. The number of allylic oxidation sites excluding steroid dienone is 2. The van der Waals surface area contributed by atoms with E-state index in [-0.39, 0.29) is 24.8 Å². The van der Waals surface area contributed by atoms with Crippen molar-refractivity contribution in [1.82, 2.24) is 0 Å². The topological polar surface area (TPSA) is 0 Å². The van der Waals surface area contributed by atoms with Gasteiger partial charge in [-0.05, 0) is 0 Å². The Hall–Kier alpha value is -1.96. The van der Waals surface area contributed by atoms with Crippen molar-refractivity contribution in [3.8, 4) is 22.3 Å². The molecule has 0 heterocycles. The minimum Gasteiger partial charge on any atom is -0.147 e. The second kappa shape index (κ2) is 19.0. The van der Waals surface area contributed by atoms with E-state index in [1.165, 1.54) is 134 Å². The van der Waals surface area contributed by atoms with Crippen LogP contribution in [0.2, 0.25) is 9.26 Å². The SMILES string of the molecule is CCCc1ccc(-c2cc(C)cc3c2C=C(CC2CCCCC2)[CH]3[Zr]([CH3])([CH3])(=[SiH2])[CH]2C(CC3CCCCC3)=Cc3c(-c4ccc(CCC)cc4)cc(C)cc32)cc1.Cl.Cl. The zero-order valence-electron chi connectivity index (χ0n) is 36.7. The van der Waals surface area contributed by atoms with Crippen molar-refractivity contribution in [3.05, 3.63) is 128 Å². The Bertz CT molecular complexity index is 2040. The first-order valence-corrected chi connectivity index (χ1v) is 36.6. The summed E-state index contributed by atoms with van der Waals surface area (Å²) >= 11 is -3.89. The van der Waals surface area contributed by atoms with E-state index < -0.39 is 17.4 Å². The van der Waals surface area contributed by atoms with E-state index in [2.05, 4.69) is 129 Å². The van der Waals surface area contributed by atoms with Crippen LogP contribution in [0.4, 0.5) is 0 Å². The monoisotopic (exact) mass is 908 g/mol. The van der Waals surface area contributed by atoms with Crippen LogP contribution < -0.4 is 0 Å². The average molecular weight is 911 g/mol. The molecule has 2 saturated carbocycles. The molecule has 0 aromatic heterocycles. The summed E-state index contributed by atoms with van der Waals surface area (Å²) in [5.74, 6) is 1.66. The van der Waals surface area contributed by atoms with Crippen LogP contribution in [0.5, 0.6) is 0 Å². The molecule has 2 fully saturated rings. The molecule has 58 heavy (non-hydrogen) atoms. The van der Waals surface area contributed by atoms with Crippen LogP contribution in [0.25, 0.3) is 34.4 Å². The van der Waals surface area contributed by atoms with Crippen molar-refractivity contribution in [2.45, 2.75) is 147 Å². The van der Waals surface area contributed by atoms with Gasteiger partial charge in [0.2, 0.25) is 0 Å². The molecule has 0 bridgehead atoms. The van der Waals surface area contributed by atoms with E-state index in [4.69, 9.17) is 0 Å². The molecule has 310 valence electrons. The molecule has 0 N–H and O–H groups in total. The third-order valence-electron chi connectivity index (χ3n) is 14.7. The van der Waals surface area contributed by atoms with E-state index in [1.54, 1.807) is 33.4 Å². The van der Waals surface area contributed by atoms with Crippen LogP contribution >= 0.6 is 24.8 Å². The van der Waals surface area contributed by atoms with Crippen LogP contribution in [0, 0.1) is 25.7 Å². The molecule has 8 rings (SSSR count). The number of halogens is 2. The fourth-order valence-electron chi connectivity index (χ4n) is 12.4. The van der Waals surface area contributed by atoms with Crippen LogP contribution in [0.3, 0.4) is 0 Å². The molecule has 0 amide bonds. The maximum Gasteiger partial charge on any atom is -0.147 e. The van der Waals surface area contributed by atoms with E-state index in [9.17, 15) is 0 Å². The van der Waals surface area contributed by atoms with Crippen molar-refractivity contribution >= 4 is 43.8 Å². The summed E-state index contributed by atoms with van der Waals surface area (Å²) < 4.78 is 6.97. The maximum atomic E-state index is 2.92. The Morgan fingerprint density at radius 2 is 0.897 bits per heavy atom. The first-order chi connectivity index (χ1) is 27.0. The first-order valence-electron chi connectivity index (χ1n) is 23.0. The summed E-state index contributed by atoms with van der Waals surface area (Å²) in [5, 5.41) is 0. The quantitative estimate of drug-likeness (QED) is 0.124. The van der Waals surface area contributed by atoms with Gasteiger partial charge < -0.3 is 0 Å². The molecule has 0 spiro atoms. The van der Waals surface area contributed by atoms with Gasteiger partial charge >= 0.3 is 346 Å². The van der Waals surface area contributed by atoms with Gasteiger partial charge in [-0.15, -0.1) is 24.8 Å². The van der Waals surface area contributed by atoms with Crippen molar-refractivity contribution in [3.63, 3.8) is 0 Å². The van der Waals surface area contributed by atoms with Gasteiger partial charge in [-0.1, -0.05) is 0 Å². The predicted molar refractivity (Wildman–Crippen MR) is 260 cm³/mol. The molecule has 0 nitrogen and oxygen atoms in total. The molecule has 2 unspecified atom stereocenters. The van der Waals surface area contributed by atoms with Gasteiger partial charge in [0.05, 0.1) is 0 Å². The summed E-state index contributed by atoms with van der Waals surface area (Å²) in [4.78, 5) is 0. The molecule has 4 heteroatoms. The number of hydrogen-bond acceptors (Lipinski definition) is 0. The average Bonchev–Trinajstić information content (AvgIpc) is 3.75. The van der Waals surface area contributed by atoms with Crippen LogP contribution in [-0.2, 0) is 30.2 Å². The second-order valence-electron chi connectivity index (χ2n) is 20.2. The summed E-state index contributed by atoms with van der Waals surface area (Å²) in [6.45, 7) is 11.9. The summed E-state index contributed by atoms with van der Waals surface area (Å²) in [5.41, 5.74) is 21.6. The van der Waals surface area contributed by atoms with Crippen molar-refractivity contribution in [2.75, 3.05) is 0 Å². The molecular weight excluding hydrogens is 839 g/mol. The van der Waals surface area contributed by atoms with Crippen LogP contribution in [-0.4, -0.2) is 6.88 Å². The van der Waals surface area contributed by atoms with Crippen LogP contribution in [0.15, 0.2) is 83.9 Å². The zero-order chi connectivity index (χ0) is 39.1. The number of benzene rings is 4. The number of fused-ring (bicyclic) bond motifs is 2. The van der Waals surface area contributed by atoms with Gasteiger partial charge in [0.1, 0.15) is 0 Å². The van der Waals surface area contributed by atoms with E-state index >= 15 is 0 Å². The van der Waals surface area contributed by atoms with Crippen molar-refractivity contribution in [1.29, 1.82) is 0 Å². The molecule has 0 aliphatic heterocycles. The predicted octanol–water partition coefficient (Wildman–Crippen LogP) is 16.2. The zero-order valence-corrected chi connectivity index (χ0v) is 42.2. The number of hydrogen-bond donors (Lipinski definition) is 0. The van der Waals surface area contributed by atoms with Crippen LogP contribution in [0.1, 0.15) is 155 Å². The molecule has 2 atom stereocenters. The van der Waals surface area contributed by atoms with Gasteiger partial charge in [0.25, 0.3) is 0 Å². The van der Waals surface area contributed by atoms with Gasteiger partial charge in [-0.3, -0.25) is 0 Å². The van der Waals surface area contributed by atoms with Gasteiger partial charge in [0.15, 0.2) is 0 Å². The fraction of sp³-hybridized carbons (Fsp3) is 0.481. The van der Waals surface area contributed by atoms with Gasteiger partial charge in [-0.25, -0.2) is 0 Å². The van der Waals surface area contributed by atoms with Crippen molar-refractivity contribution in [2.24, 2.45) is 11.8 Å². The maximum absolute atomic E-state index is 3.89. The molecule has 0 radical (unpaired) electrons. The minimum absolute atomic E-state index is 0. The normalized spacial score (nSPS) is 19.8. The summed E-state index contributed by atoms with van der Waals surface area (Å²) in [6, 6.07) is 29.6. The second-order valence-corrected chi connectivity index (χ2v) is 50.7. The summed E-state index contributed by atoms with van der Waals surface area (Å²) in [6.07, 6.45) is 27.0. The Kier molecular flexibility index (Phi) is 14.9. The molecule has 4 aliphatic rings. The Morgan fingerprint density at radius 1 is 0.534 bits per heavy atom.